The van der Waals surface area contributed by atoms with Crippen LogP contribution in [0.2, 0.25) is 0 Å². The number of aliphatic hydroxyl groups excluding tert-OH is 1. The van der Waals surface area contributed by atoms with Crippen LogP contribution >= 0.6 is 0 Å². The van der Waals surface area contributed by atoms with E-state index in [0.717, 1.165) is 31.2 Å². The van der Waals surface area contributed by atoms with Gasteiger partial charge in [-0.3, -0.25) is 0 Å². The summed E-state index contributed by atoms with van der Waals surface area (Å²) in [5.74, 6) is 0. The van der Waals surface area contributed by atoms with E-state index in [1.807, 2.05) is 30.3 Å². The standard InChI is InChI=1S/C17H23NO4/c19-15-6-8-17(9-7-15)13-18(10-11-22-17)16(20)21-12-14-4-2-1-3-5-14/h1-5,15,19H,6-13H2. The molecule has 22 heavy (non-hydrogen) atoms. The van der Waals surface area contributed by atoms with Crippen molar-refractivity contribution in [3.8, 4) is 0 Å². The normalized spacial score (nSPS) is 28.6. The van der Waals surface area contributed by atoms with Crippen LogP contribution in [0.3, 0.4) is 0 Å². The Hall–Kier alpha value is -1.59. The van der Waals surface area contributed by atoms with E-state index in [9.17, 15) is 9.90 Å². The molecular weight excluding hydrogens is 282 g/mol. The number of rotatable bonds is 2. The zero-order chi connectivity index (χ0) is 15.4. The van der Waals surface area contributed by atoms with E-state index in [-0.39, 0.29) is 17.8 Å². The van der Waals surface area contributed by atoms with Crippen LogP contribution in [0.25, 0.3) is 0 Å². The molecule has 1 saturated heterocycles. The second-order valence-corrected chi connectivity index (χ2v) is 6.22. The lowest BCUT2D eigenvalue weighted by atomic mass is 9.82. The average molecular weight is 305 g/mol. The van der Waals surface area contributed by atoms with E-state index < -0.39 is 0 Å². The minimum Gasteiger partial charge on any atom is -0.445 e. The molecule has 1 spiro atoms. The number of hydrogen-bond acceptors (Lipinski definition) is 4. The SMILES string of the molecule is O=C(OCc1ccccc1)N1CCOC2(CCC(O)CC2)C1. The zero-order valence-electron chi connectivity index (χ0n) is 12.7. The summed E-state index contributed by atoms with van der Waals surface area (Å²) in [7, 11) is 0. The smallest absolute Gasteiger partial charge is 0.410 e. The van der Waals surface area contributed by atoms with Gasteiger partial charge in [0.1, 0.15) is 6.61 Å². The van der Waals surface area contributed by atoms with E-state index in [1.54, 1.807) is 4.90 Å². The summed E-state index contributed by atoms with van der Waals surface area (Å²) in [4.78, 5) is 14.0. The first kappa shape index (κ1) is 15.3. The highest BCUT2D eigenvalue weighted by Crippen LogP contribution is 2.34. The molecule has 0 radical (unpaired) electrons. The van der Waals surface area contributed by atoms with Gasteiger partial charge in [0.2, 0.25) is 0 Å². The average Bonchev–Trinajstić information content (AvgIpc) is 2.57. The van der Waals surface area contributed by atoms with E-state index in [0.29, 0.717) is 26.3 Å². The Morgan fingerprint density at radius 1 is 1.32 bits per heavy atom. The predicted molar refractivity (Wildman–Crippen MR) is 81.4 cm³/mol. The maximum atomic E-state index is 12.3. The molecule has 2 fully saturated rings. The third-order valence-corrected chi connectivity index (χ3v) is 4.58. The maximum Gasteiger partial charge on any atom is 0.410 e. The molecule has 0 atom stereocenters. The first-order valence-electron chi connectivity index (χ1n) is 7.95. The molecule has 120 valence electrons. The van der Waals surface area contributed by atoms with Gasteiger partial charge >= 0.3 is 6.09 Å². The summed E-state index contributed by atoms with van der Waals surface area (Å²) < 4.78 is 11.3. The van der Waals surface area contributed by atoms with Gasteiger partial charge in [0.05, 0.1) is 24.9 Å². The molecule has 5 heteroatoms. The highest BCUT2D eigenvalue weighted by atomic mass is 16.6. The molecule has 0 unspecified atom stereocenters. The fraction of sp³-hybridized carbons (Fsp3) is 0.588. The van der Waals surface area contributed by atoms with Crippen LogP contribution in [0.5, 0.6) is 0 Å². The van der Waals surface area contributed by atoms with Crippen LogP contribution in [0.15, 0.2) is 30.3 Å². The Kier molecular flexibility index (Phi) is 4.64. The predicted octanol–water partition coefficient (Wildman–Crippen LogP) is 2.33. The number of aliphatic hydroxyl groups is 1. The lowest BCUT2D eigenvalue weighted by Gasteiger charge is -2.45. The van der Waals surface area contributed by atoms with Gasteiger partial charge in [-0.1, -0.05) is 30.3 Å². The Morgan fingerprint density at radius 3 is 2.77 bits per heavy atom. The molecule has 1 aromatic carbocycles. The molecule has 2 aliphatic rings. The lowest BCUT2D eigenvalue weighted by molar-refractivity contribution is -0.133. The van der Waals surface area contributed by atoms with Gasteiger partial charge < -0.3 is 19.5 Å². The summed E-state index contributed by atoms with van der Waals surface area (Å²) in [6, 6.07) is 9.68. The van der Waals surface area contributed by atoms with E-state index >= 15 is 0 Å². The van der Waals surface area contributed by atoms with Crippen LogP contribution in [-0.2, 0) is 16.1 Å². The number of benzene rings is 1. The second kappa shape index (κ2) is 6.67. The van der Waals surface area contributed by atoms with Crippen molar-refractivity contribution >= 4 is 6.09 Å². The van der Waals surface area contributed by atoms with Gasteiger partial charge in [0, 0.05) is 6.54 Å². The van der Waals surface area contributed by atoms with Gasteiger partial charge in [-0.15, -0.1) is 0 Å². The molecule has 0 aromatic heterocycles. The molecule has 1 N–H and O–H groups in total. The van der Waals surface area contributed by atoms with Gasteiger partial charge in [0.15, 0.2) is 0 Å². The summed E-state index contributed by atoms with van der Waals surface area (Å²) in [6.07, 6.45) is 2.58. The Morgan fingerprint density at radius 2 is 2.05 bits per heavy atom. The first-order valence-corrected chi connectivity index (χ1v) is 7.95. The summed E-state index contributed by atoms with van der Waals surface area (Å²) in [5, 5.41) is 9.65. The van der Waals surface area contributed by atoms with Crippen LogP contribution < -0.4 is 0 Å². The first-order chi connectivity index (χ1) is 10.7. The molecule has 1 saturated carbocycles. The zero-order valence-corrected chi connectivity index (χ0v) is 12.7. The summed E-state index contributed by atoms with van der Waals surface area (Å²) in [6.45, 7) is 1.96. The minimum atomic E-state index is -0.288. The van der Waals surface area contributed by atoms with Gasteiger partial charge in [0.25, 0.3) is 0 Å². The number of carbonyl (C=O) groups excluding carboxylic acids is 1. The van der Waals surface area contributed by atoms with E-state index in [2.05, 4.69) is 0 Å². The quantitative estimate of drug-likeness (QED) is 0.911. The number of hydrogen-bond donors (Lipinski definition) is 1. The molecule has 1 heterocycles. The van der Waals surface area contributed by atoms with Crippen molar-refractivity contribution in [2.24, 2.45) is 0 Å². The molecule has 5 nitrogen and oxygen atoms in total. The number of ether oxygens (including phenoxy) is 2. The molecule has 1 aliphatic carbocycles. The minimum absolute atomic E-state index is 0.227. The van der Waals surface area contributed by atoms with Crippen molar-refractivity contribution in [3.63, 3.8) is 0 Å². The molecule has 0 bridgehead atoms. The highest BCUT2D eigenvalue weighted by Gasteiger charge is 2.41. The third-order valence-electron chi connectivity index (χ3n) is 4.58. The van der Waals surface area contributed by atoms with Crippen molar-refractivity contribution in [1.82, 2.24) is 4.90 Å². The highest BCUT2D eigenvalue weighted by molar-refractivity contribution is 5.67. The van der Waals surface area contributed by atoms with E-state index in [4.69, 9.17) is 9.47 Å². The Bertz CT molecular complexity index is 497. The number of morpholine rings is 1. The van der Waals surface area contributed by atoms with Crippen molar-refractivity contribution < 1.29 is 19.4 Å². The lowest BCUT2D eigenvalue weighted by Crippen LogP contribution is -2.55. The van der Waals surface area contributed by atoms with Crippen LogP contribution in [-0.4, -0.2) is 47.5 Å². The molecule has 1 amide bonds. The third kappa shape index (κ3) is 3.59. The van der Waals surface area contributed by atoms with Crippen LogP contribution in [0, 0.1) is 0 Å². The molecule has 1 aromatic rings. The topological polar surface area (TPSA) is 59.0 Å². The van der Waals surface area contributed by atoms with Crippen LogP contribution in [0.1, 0.15) is 31.2 Å². The van der Waals surface area contributed by atoms with E-state index in [1.165, 1.54) is 0 Å². The number of carbonyl (C=O) groups is 1. The van der Waals surface area contributed by atoms with Crippen molar-refractivity contribution in [3.05, 3.63) is 35.9 Å². The molecule has 1 aliphatic heterocycles. The van der Waals surface area contributed by atoms with Crippen molar-refractivity contribution in [1.29, 1.82) is 0 Å². The monoisotopic (exact) mass is 305 g/mol. The Balaban J connectivity index is 1.54. The summed E-state index contributed by atoms with van der Waals surface area (Å²) in [5.41, 5.74) is 0.697. The van der Waals surface area contributed by atoms with Gasteiger partial charge in [-0.25, -0.2) is 4.79 Å². The largest absolute Gasteiger partial charge is 0.445 e. The van der Waals surface area contributed by atoms with Gasteiger partial charge in [-0.2, -0.15) is 0 Å². The number of amides is 1. The van der Waals surface area contributed by atoms with Gasteiger partial charge in [-0.05, 0) is 31.2 Å². The Labute approximate surface area is 130 Å². The molecular formula is C17H23NO4. The number of nitrogens with zero attached hydrogens (tertiary/aromatic N) is 1. The van der Waals surface area contributed by atoms with Crippen molar-refractivity contribution in [2.75, 3.05) is 19.7 Å². The fourth-order valence-electron chi connectivity index (χ4n) is 3.24. The second-order valence-electron chi connectivity index (χ2n) is 6.22. The van der Waals surface area contributed by atoms with Crippen LogP contribution in [0.4, 0.5) is 4.79 Å². The van der Waals surface area contributed by atoms with Crippen molar-refractivity contribution in [2.45, 2.75) is 44.0 Å². The molecule has 3 rings (SSSR count). The summed E-state index contributed by atoms with van der Waals surface area (Å²) >= 11 is 0. The fourth-order valence-corrected chi connectivity index (χ4v) is 3.24. The maximum absolute atomic E-state index is 12.3.